The van der Waals surface area contributed by atoms with Gasteiger partial charge in [0.2, 0.25) is 0 Å². The van der Waals surface area contributed by atoms with E-state index in [4.69, 9.17) is 4.74 Å². The van der Waals surface area contributed by atoms with E-state index < -0.39 is 0 Å². The Bertz CT molecular complexity index is 255. The summed E-state index contributed by atoms with van der Waals surface area (Å²) in [6, 6.07) is 1.25. The van der Waals surface area contributed by atoms with Crippen LogP contribution in [0.1, 0.15) is 53.4 Å². The lowest BCUT2D eigenvalue weighted by atomic mass is 9.89. The molecule has 1 saturated heterocycles. The molecule has 0 amide bonds. The Balaban J connectivity index is 2.41. The number of rotatable bonds is 7. The van der Waals surface area contributed by atoms with E-state index in [2.05, 4.69) is 52.0 Å². The summed E-state index contributed by atoms with van der Waals surface area (Å²) < 4.78 is 5.91. The fraction of sp³-hybridized carbons (Fsp3) is 1.00. The Morgan fingerprint density at radius 1 is 1.37 bits per heavy atom. The van der Waals surface area contributed by atoms with E-state index in [1.807, 2.05) is 0 Å². The van der Waals surface area contributed by atoms with E-state index in [-0.39, 0.29) is 5.60 Å². The van der Waals surface area contributed by atoms with Gasteiger partial charge >= 0.3 is 0 Å². The van der Waals surface area contributed by atoms with Gasteiger partial charge < -0.3 is 15.0 Å². The minimum Gasteiger partial charge on any atom is -0.375 e. The number of hydrogen-bond donors (Lipinski definition) is 1. The lowest BCUT2D eigenvalue weighted by Gasteiger charge is -2.39. The molecule has 0 aromatic rings. The molecule has 3 nitrogen and oxygen atoms in total. The molecule has 1 aliphatic heterocycles. The van der Waals surface area contributed by atoms with Gasteiger partial charge in [0.05, 0.1) is 5.60 Å². The van der Waals surface area contributed by atoms with Gasteiger partial charge in [-0.25, -0.2) is 0 Å². The van der Waals surface area contributed by atoms with Crippen LogP contribution in [0.2, 0.25) is 0 Å². The largest absolute Gasteiger partial charge is 0.375 e. The van der Waals surface area contributed by atoms with Crippen LogP contribution in [-0.2, 0) is 4.74 Å². The second kappa shape index (κ2) is 7.61. The summed E-state index contributed by atoms with van der Waals surface area (Å²) in [5.74, 6) is 0.754. The van der Waals surface area contributed by atoms with Crippen molar-refractivity contribution in [3.63, 3.8) is 0 Å². The molecule has 1 N–H and O–H groups in total. The molecule has 114 valence electrons. The van der Waals surface area contributed by atoms with Crippen LogP contribution in [0.5, 0.6) is 0 Å². The molecule has 0 aliphatic carbocycles. The van der Waals surface area contributed by atoms with Crippen LogP contribution in [-0.4, -0.2) is 49.8 Å². The molecule has 0 spiro atoms. The molecule has 1 rings (SSSR count). The summed E-state index contributed by atoms with van der Waals surface area (Å²) in [4.78, 5) is 2.35. The maximum Gasteiger partial charge on any atom is 0.0666 e. The first-order valence-electron chi connectivity index (χ1n) is 7.90. The SMILES string of the molecule is CCC1(C)CC(NCC(CC(C)C)N(C)C)CCO1. The first-order chi connectivity index (χ1) is 8.86. The van der Waals surface area contributed by atoms with Gasteiger partial charge in [-0.2, -0.15) is 0 Å². The van der Waals surface area contributed by atoms with Crippen molar-refractivity contribution in [1.29, 1.82) is 0 Å². The highest BCUT2D eigenvalue weighted by Gasteiger charge is 2.31. The highest BCUT2D eigenvalue weighted by atomic mass is 16.5. The number of nitrogens with zero attached hydrogens (tertiary/aromatic N) is 1. The molecule has 0 aromatic carbocycles. The first kappa shape index (κ1) is 16.9. The molecule has 1 heterocycles. The maximum atomic E-state index is 5.91. The first-order valence-corrected chi connectivity index (χ1v) is 7.90. The van der Waals surface area contributed by atoms with E-state index in [9.17, 15) is 0 Å². The van der Waals surface area contributed by atoms with E-state index in [0.29, 0.717) is 12.1 Å². The molecular weight excluding hydrogens is 236 g/mol. The molecule has 19 heavy (non-hydrogen) atoms. The summed E-state index contributed by atoms with van der Waals surface area (Å²) in [5, 5.41) is 3.78. The minimum absolute atomic E-state index is 0.0849. The molecule has 0 radical (unpaired) electrons. The smallest absolute Gasteiger partial charge is 0.0666 e. The van der Waals surface area contributed by atoms with Crippen molar-refractivity contribution in [3.05, 3.63) is 0 Å². The monoisotopic (exact) mass is 270 g/mol. The van der Waals surface area contributed by atoms with Crippen molar-refractivity contribution in [2.24, 2.45) is 5.92 Å². The number of hydrogen-bond acceptors (Lipinski definition) is 3. The molecule has 3 unspecified atom stereocenters. The Hall–Kier alpha value is -0.120. The van der Waals surface area contributed by atoms with Crippen molar-refractivity contribution in [3.8, 4) is 0 Å². The predicted molar refractivity (Wildman–Crippen MR) is 82.6 cm³/mol. The van der Waals surface area contributed by atoms with Crippen LogP contribution in [0.25, 0.3) is 0 Å². The van der Waals surface area contributed by atoms with Gasteiger partial charge in [0, 0.05) is 25.2 Å². The fourth-order valence-electron chi connectivity index (χ4n) is 2.87. The van der Waals surface area contributed by atoms with Crippen molar-refractivity contribution >= 4 is 0 Å². The molecule has 0 aromatic heterocycles. The molecule has 3 heteroatoms. The van der Waals surface area contributed by atoms with Crippen LogP contribution in [0, 0.1) is 5.92 Å². The van der Waals surface area contributed by atoms with Crippen molar-refractivity contribution in [2.45, 2.75) is 71.1 Å². The third kappa shape index (κ3) is 5.80. The van der Waals surface area contributed by atoms with E-state index in [0.717, 1.165) is 38.3 Å². The second-order valence-electron chi connectivity index (χ2n) is 7.00. The standard InChI is InChI=1S/C16H34N2O/c1-7-16(4)11-14(8-9-19-16)17-12-15(18(5)6)10-13(2)3/h13-15,17H,7-12H2,1-6H3. The Morgan fingerprint density at radius 3 is 2.58 bits per heavy atom. The van der Waals surface area contributed by atoms with Gasteiger partial charge in [0.15, 0.2) is 0 Å². The van der Waals surface area contributed by atoms with Gasteiger partial charge in [-0.3, -0.25) is 0 Å². The van der Waals surface area contributed by atoms with E-state index in [1.165, 1.54) is 6.42 Å². The Labute approximate surface area is 120 Å². The minimum atomic E-state index is 0.0849. The Morgan fingerprint density at radius 2 is 2.05 bits per heavy atom. The summed E-state index contributed by atoms with van der Waals surface area (Å²) in [6.07, 6.45) is 4.66. The fourth-order valence-corrected chi connectivity index (χ4v) is 2.87. The molecule has 0 saturated carbocycles. The Kier molecular flexibility index (Phi) is 6.78. The third-order valence-corrected chi connectivity index (χ3v) is 4.46. The molecular formula is C16H34N2O. The normalized spacial score (nSPS) is 30.0. The highest BCUT2D eigenvalue weighted by molar-refractivity contribution is 4.86. The topological polar surface area (TPSA) is 24.5 Å². The summed E-state index contributed by atoms with van der Waals surface area (Å²) in [5.41, 5.74) is 0.0849. The van der Waals surface area contributed by atoms with Gasteiger partial charge in [-0.15, -0.1) is 0 Å². The van der Waals surface area contributed by atoms with Gasteiger partial charge in [-0.1, -0.05) is 20.8 Å². The van der Waals surface area contributed by atoms with Crippen LogP contribution in [0.4, 0.5) is 0 Å². The van der Waals surface area contributed by atoms with Crippen molar-refractivity contribution in [2.75, 3.05) is 27.2 Å². The average Bonchev–Trinajstić information content (AvgIpc) is 2.34. The number of ether oxygens (including phenoxy) is 1. The van der Waals surface area contributed by atoms with Crippen LogP contribution >= 0.6 is 0 Å². The average molecular weight is 270 g/mol. The van der Waals surface area contributed by atoms with E-state index in [1.54, 1.807) is 0 Å². The lowest BCUT2D eigenvalue weighted by molar-refractivity contribution is -0.0783. The predicted octanol–water partition coefficient (Wildman–Crippen LogP) is 2.90. The number of nitrogens with one attached hydrogen (secondary N) is 1. The third-order valence-electron chi connectivity index (χ3n) is 4.46. The van der Waals surface area contributed by atoms with Gasteiger partial charge in [0.1, 0.15) is 0 Å². The summed E-state index contributed by atoms with van der Waals surface area (Å²) in [6.45, 7) is 11.1. The molecule has 1 fully saturated rings. The maximum absolute atomic E-state index is 5.91. The van der Waals surface area contributed by atoms with E-state index >= 15 is 0 Å². The van der Waals surface area contributed by atoms with Gasteiger partial charge in [0.25, 0.3) is 0 Å². The van der Waals surface area contributed by atoms with Crippen LogP contribution in [0.3, 0.4) is 0 Å². The van der Waals surface area contributed by atoms with Crippen LogP contribution in [0.15, 0.2) is 0 Å². The molecule has 0 bridgehead atoms. The summed E-state index contributed by atoms with van der Waals surface area (Å²) in [7, 11) is 4.38. The lowest BCUT2D eigenvalue weighted by Crippen LogP contribution is -2.48. The summed E-state index contributed by atoms with van der Waals surface area (Å²) >= 11 is 0. The zero-order valence-electron chi connectivity index (χ0n) is 13.8. The van der Waals surface area contributed by atoms with Crippen molar-refractivity contribution in [1.82, 2.24) is 10.2 Å². The zero-order valence-corrected chi connectivity index (χ0v) is 13.8. The molecule has 3 atom stereocenters. The zero-order chi connectivity index (χ0) is 14.5. The molecule has 1 aliphatic rings. The number of likely N-dealkylation sites (N-methyl/N-ethyl adjacent to an activating group) is 1. The van der Waals surface area contributed by atoms with Crippen LogP contribution < -0.4 is 5.32 Å². The van der Waals surface area contributed by atoms with Gasteiger partial charge in [-0.05, 0) is 52.6 Å². The van der Waals surface area contributed by atoms with Crippen molar-refractivity contribution < 1.29 is 4.74 Å². The highest BCUT2D eigenvalue weighted by Crippen LogP contribution is 2.27. The second-order valence-corrected chi connectivity index (χ2v) is 7.00. The quantitative estimate of drug-likeness (QED) is 0.770.